The van der Waals surface area contributed by atoms with Crippen molar-refractivity contribution in [2.75, 3.05) is 33.7 Å². The van der Waals surface area contributed by atoms with E-state index in [1.54, 1.807) is 12.1 Å². The molecular formula is C17H25F3N2O2. The van der Waals surface area contributed by atoms with Gasteiger partial charge in [-0.2, -0.15) is 0 Å². The summed E-state index contributed by atoms with van der Waals surface area (Å²) in [6.45, 7) is 2.71. The molecule has 7 heteroatoms. The molecule has 0 spiro atoms. The fourth-order valence-corrected chi connectivity index (χ4v) is 3.24. The van der Waals surface area contributed by atoms with Crippen LogP contribution in [0.4, 0.5) is 13.2 Å². The van der Waals surface area contributed by atoms with Crippen molar-refractivity contribution in [3.8, 4) is 5.75 Å². The van der Waals surface area contributed by atoms with Crippen molar-refractivity contribution in [3.05, 3.63) is 29.8 Å². The molecular weight excluding hydrogens is 321 g/mol. The first-order chi connectivity index (χ1) is 11.2. The molecule has 1 aromatic carbocycles. The van der Waals surface area contributed by atoms with Crippen molar-refractivity contribution >= 4 is 0 Å². The summed E-state index contributed by atoms with van der Waals surface area (Å²) in [6.07, 6.45) is -2.42. The summed E-state index contributed by atoms with van der Waals surface area (Å²) in [4.78, 5) is 4.15. The zero-order chi connectivity index (χ0) is 17.8. The second-order valence-electron chi connectivity index (χ2n) is 6.79. The molecule has 0 bridgehead atoms. The van der Waals surface area contributed by atoms with Crippen LogP contribution in [-0.4, -0.2) is 60.6 Å². The number of likely N-dealkylation sites (N-methyl/N-ethyl adjacent to an activating group) is 1. The van der Waals surface area contributed by atoms with Gasteiger partial charge in [-0.25, -0.2) is 0 Å². The molecule has 0 aliphatic carbocycles. The first-order valence-electron chi connectivity index (χ1n) is 8.09. The normalized spacial score (nSPS) is 23.3. The van der Waals surface area contributed by atoms with Gasteiger partial charge in [-0.15, -0.1) is 13.2 Å². The third kappa shape index (κ3) is 6.30. The van der Waals surface area contributed by atoms with Gasteiger partial charge in [0.15, 0.2) is 0 Å². The van der Waals surface area contributed by atoms with Gasteiger partial charge >= 0.3 is 6.36 Å². The Bertz CT molecular complexity index is 537. The van der Waals surface area contributed by atoms with E-state index in [2.05, 4.69) is 9.64 Å². The fraction of sp³-hybridized carbons (Fsp3) is 0.647. The topological polar surface area (TPSA) is 35.9 Å². The molecule has 1 saturated heterocycles. The number of aliphatic hydroxyl groups is 1. The van der Waals surface area contributed by atoms with Crippen LogP contribution in [0.15, 0.2) is 24.3 Å². The largest absolute Gasteiger partial charge is 0.573 e. The molecule has 0 saturated carbocycles. The Morgan fingerprint density at radius 3 is 2.67 bits per heavy atom. The Morgan fingerprint density at radius 1 is 1.25 bits per heavy atom. The Balaban J connectivity index is 1.95. The summed E-state index contributed by atoms with van der Waals surface area (Å²) in [7, 11) is 3.87. The van der Waals surface area contributed by atoms with Gasteiger partial charge in [-0.3, -0.25) is 4.90 Å². The maximum Gasteiger partial charge on any atom is 0.573 e. The van der Waals surface area contributed by atoms with Gasteiger partial charge in [0.05, 0.1) is 5.60 Å². The lowest BCUT2D eigenvalue weighted by Crippen LogP contribution is -2.40. The smallest absolute Gasteiger partial charge is 0.406 e. The quantitative estimate of drug-likeness (QED) is 0.889. The minimum atomic E-state index is -4.68. The Kier molecular flexibility index (Phi) is 6.11. The second-order valence-corrected chi connectivity index (χ2v) is 6.79. The van der Waals surface area contributed by atoms with Gasteiger partial charge in [-0.1, -0.05) is 12.1 Å². The molecule has 1 fully saturated rings. The minimum absolute atomic E-state index is 0.195. The fourth-order valence-electron chi connectivity index (χ4n) is 3.24. The molecule has 4 nitrogen and oxygen atoms in total. The maximum absolute atomic E-state index is 12.3. The lowest BCUT2D eigenvalue weighted by Gasteiger charge is -2.30. The summed E-state index contributed by atoms with van der Waals surface area (Å²) >= 11 is 0. The first-order valence-corrected chi connectivity index (χ1v) is 8.09. The highest BCUT2D eigenvalue weighted by Crippen LogP contribution is 2.26. The summed E-state index contributed by atoms with van der Waals surface area (Å²) in [6, 6.07) is 6.08. The predicted molar refractivity (Wildman–Crippen MR) is 85.8 cm³/mol. The Hall–Kier alpha value is -1.31. The minimum Gasteiger partial charge on any atom is -0.406 e. The number of hydrogen-bond donors (Lipinski definition) is 1. The van der Waals surface area contributed by atoms with Crippen LogP contribution in [0.1, 0.15) is 24.8 Å². The molecule has 136 valence electrons. The molecule has 0 aromatic heterocycles. The predicted octanol–water partition coefficient (Wildman–Crippen LogP) is 2.86. The van der Waals surface area contributed by atoms with E-state index in [1.165, 1.54) is 12.1 Å². The third-order valence-electron chi connectivity index (χ3n) is 4.16. The van der Waals surface area contributed by atoms with Crippen LogP contribution in [0.2, 0.25) is 0 Å². The SMILES string of the molecule is CN(C)CC1(O)CCCN(Cc2cccc(OC(F)(F)F)c2)CC1. The highest BCUT2D eigenvalue weighted by atomic mass is 19.4. The van der Waals surface area contributed by atoms with E-state index >= 15 is 0 Å². The second kappa shape index (κ2) is 7.72. The average molecular weight is 346 g/mol. The molecule has 1 atom stereocenters. The van der Waals surface area contributed by atoms with E-state index in [-0.39, 0.29) is 5.75 Å². The van der Waals surface area contributed by atoms with Crippen LogP contribution in [0.3, 0.4) is 0 Å². The molecule has 1 aromatic rings. The highest BCUT2D eigenvalue weighted by molar-refractivity contribution is 5.28. The van der Waals surface area contributed by atoms with E-state index in [0.29, 0.717) is 26.1 Å². The number of ether oxygens (including phenoxy) is 1. The van der Waals surface area contributed by atoms with Gasteiger partial charge < -0.3 is 14.7 Å². The van der Waals surface area contributed by atoms with Gasteiger partial charge in [0, 0.05) is 19.6 Å². The molecule has 24 heavy (non-hydrogen) atoms. The lowest BCUT2D eigenvalue weighted by molar-refractivity contribution is -0.274. The Morgan fingerprint density at radius 2 is 2.00 bits per heavy atom. The van der Waals surface area contributed by atoms with Crippen LogP contribution in [0, 0.1) is 0 Å². The summed E-state index contributed by atoms with van der Waals surface area (Å²) in [5, 5.41) is 10.7. The number of halogens is 3. The molecule has 1 aliphatic rings. The summed E-state index contributed by atoms with van der Waals surface area (Å²) in [5.74, 6) is -0.195. The number of rotatable bonds is 5. The van der Waals surface area contributed by atoms with Crippen LogP contribution in [0.5, 0.6) is 5.75 Å². The standard InChI is InChI=1S/C17H25F3N2O2/c1-21(2)13-16(23)7-4-9-22(10-8-16)12-14-5-3-6-15(11-14)24-17(18,19)20/h3,5-6,11,23H,4,7-10,12-13H2,1-2H3. The van der Waals surface area contributed by atoms with Gasteiger partial charge in [0.1, 0.15) is 5.75 Å². The summed E-state index contributed by atoms with van der Waals surface area (Å²) < 4.78 is 40.9. The average Bonchev–Trinajstić information content (AvgIpc) is 2.59. The Labute approximate surface area is 140 Å². The van der Waals surface area contributed by atoms with Crippen LogP contribution >= 0.6 is 0 Å². The van der Waals surface area contributed by atoms with Gasteiger partial charge in [-0.05, 0) is 57.6 Å². The highest BCUT2D eigenvalue weighted by Gasteiger charge is 2.32. The number of likely N-dealkylation sites (tertiary alicyclic amines) is 1. The molecule has 1 unspecified atom stereocenters. The van der Waals surface area contributed by atoms with E-state index in [9.17, 15) is 18.3 Å². The van der Waals surface area contributed by atoms with Crippen molar-refractivity contribution in [1.82, 2.24) is 9.80 Å². The first kappa shape index (κ1) is 19.0. The van der Waals surface area contributed by atoms with Crippen molar-refractivity contribution in [3.63, 3.8) is 0 Å². The number of alkyl halides is 3. The van der Waals surface area contributed by atoms with Crippen molar-refractivity contribution in [2.24, 2.45) is 0 Å². The summed E-state index contributed by atoms with van der Waals surface area (Å²) in [5.41, 5.74) is 0.0780. The molecule has 0 amide bonds. The maximum atomic E-state index is 12.3. The number of hydrogen-bond acceptors (Lipinski definition) is 4. The van der Waals surface area contributed by atoms with Crippen LogP contribution in [0.25, 0.3) is 0 Å². The third-order valence-corrected chi connectivity index (χ3v) is 4.16. The molecule has 1 N–H and O–H groups in total. The van der Waals surface area contributed by atoms with E-state index < -0.39 is 12.0 Å². The number of benzene rings is 1. The number of nitrogens with zero attached hydrogens (tertiary/aromatic N) is 2. The lowest BCUT2D eigenvalue weighted by atomic mass is 9.94. The van der Waals surface area contributed by atoms with Crippen LogP contribution in [-0.2, 0) is 6.54 Å². The van der Waals surface area contributed by atoms with E-state index in [1.807, 2.05) is 19.0 Å². The zero-order valence-corrected chi connectivity index (χ0v) is 14.1. The zero-order valence-electron chi connectivity index (χ0n) is 14.1. The van der Waals surface area contributed by atoms with Crippen molar-refractivity contribution in [1.29, 1.82) is 0 Å². The molecule has 1 aliphatic heterocycles. The van der Waals surface area contributed by atoms with Gasteiger partial charge in [0.25, 0.3) is 0 Å². The van der Waals surface area contributed by atoms with E-state index in [4.69, 9.17) is 0 Å². The molecule has 1 heterocycles. The monoisotopic (exact) mass is 346 g/mol. The molecule has 2 rings (SSSR count). The molecule has 0 radical (unpaired) electrons. The van der Waals surface area contributed by atoms with Crippen molar-refractivity contribution < 1.29 is 23.0 Å². The van der Waals surface area contributed by atoms with Crippen LogP contribution < -0.4 is 4.74 Å². The van der Waals surface area contributed by atoms with Gasteiger partial charge in [0.2, 0.25) is 0 Å². The van der Waals surface area contributed by atoms with E-state index in [0.717, 1.165) is 24.9 Å². The van der Waals surface area contributed by atoms with Crippen molar-refractivity contribution in [2.45, 2.75) is 37.8 Å².